The standard InChI is InChI=1S/C15H21NO6/c1-15(2)6-9(16-8-12(19)20)14(11(18)7-15)10(17)4-5-13(21)22-3/h17H,4-8H2,1-3H3,(H,19,20)/b14-10+,16-9?. The number of Topliss-reactive ketones (excluding diaryl/α,β-unsaturated/α-hetero) is 1. The summed E-state index contributed by atoms with van der Waals surface area (Å²) in [5.74, 6) is -2.14. The fraction of sp³-hybridized carbons (Fsp3) is 0.600. The van der Waals surface area contributed by atoms with Crippen LogP contribution in [0.1, 0.15) is 39.5 Å². The minimum Gasteiger partial charge on any atom is -0.511 e. The van der Waals surface area contributed by atoms with Gasteiger partial charge in [0.15, 0.2) is 5.78 Å². The van der Waals surface area contributed by atoms with Crippen LogP contribution >= 0.6 is 0 Å². The number of nitrogens with zero attached hydrogens (tertiary/aromatic N) is 1. The third-order valence-corrected chi connectivity index (χ3v) is 3.34. The molecule has 1 rings (SSSR count). The molecule has 7 nitrogen and oxygen atoms in total. The van der Waals surface area contributed by atoms with Crippen molar-refractivity contribution in [3.63, 3.8) is 0 Å². The van der Waals surface area contributed by atoms with E-state index in [1.165, 1.54) is 7.11 Å². The monoisotopic (exact) mass is 311 g/mol. The Hall–Kier alpha value is -2.18. The van der Waals surface area contributed by atoms with E-state index in [4.69, 9.17) is 5.11 Å². The molecular formula is C15H21NO6. The molecule has 0 heterocycles. The topological polar surface area (TPSA) is 113 Å². The van der Waals surface area contributed by atoms with Gasteiger partial charge in [-0.1, -0.05) is 13.8 Å². The minimum absolute atomic E-state index is 0.0414. The van der Waals surface area contributed by atoms with Gasteiger partial charge in [-0.3, -0.25) is 19.4 Å². The Morgan fingerprint density at radius 1 is 1.23 bits per heavy atom. The third kappa shape index (κ3) is 4.98. The molecule has 0 bridgehead atoms. The Labute approximate surface area is 128 Å². The van der Waals surface area contributed by atoms with Gasteiger partial charge in [-0.05, 0) is 11.8 Å². The van der Waals surface area contributed by atoms with E-state index < -0.39 is 18.5 Å². The molecule has 0 atom stereocenters. The fourth-order valence-corrected chi connectivity index (χ4v) is 2.36. The average molecular weight is 311 g/mol. The molecule has 1 fully saturated rings. The number of allylic oxidation sites excluding steroid dienone is 2. The number of esters is 1. The van der Waals surface area contributed by atoms with Gasteiger partial charge in [0.25, 0.3) is 0 Å². The average Bonchev–Trinajstić information content (AvgIpc) is 2.40. The van der Waals surface area contributed by atoms with E-state index in [1.807, 2.05) is 13.8 Å². The predicted molar refractivity (Wildman–Crippen MR) is 78.9 cm³/mol. The lowest BCUT2D eigenvalue weighted by Gasteiger charge is -2.31. The maximum atomic E-state index is 12.3. The molecule has 1 aliphatic rings. The molecule has 0 amide bonds. The van der Waals surface area contributed by atoms with Gasteiger partial charge >= 0.3 is 11.9 Å². The van der Waals surface area contributed by atoms with E-state index in [0.717, 1.165) is 0 Å². The number of aliphatic hydroxyl groups is 1. The second-order valence-corrected chi connectivity index (χ2v) is 6.00. The van der Waals surface area contributed by atoms with Crippen LogP contribution in [0.5, 0.6) is 0 Å². The van der Waals surface area contributed by atoms with Crippen LogP contribution in [0, 0.1) is 5.41 Å². The molecule has 0 aliphatic heterocycles. The summed E-state index contributed by atoms with van der Waals surface area (Å²) in [5.41, 5.74) is -0.0175. The highest BCUT2D eigenvalue weighted by Gasteiger charge is 2.36. The summed E-state index contributed by atoms with van der Waals surface area (Å²) in [7, 11) is 1.24. The molecule has 0 saturated heterocycles. The Morgan fingerprint density at radius 3 is 2.41 bits per heavy atom. The van der Waals surface area contributed by atoms with E-state index in [-0.39, 0.29) is 47.5 Å². The summed E-state index contributed by atoms with van der Waals surface area (Å²) in [6.07, 6.45) is 0.523. The van der Waals surface area contributed by atoms with Gasteiger partial charge in [-0.15, -0.1) is 0 Å². The highest BCUT2D eigenvalue weighted by molar-refractivity contribution is 6.24. The van der Waals surface area contributed by atoms with Crippen LogP contribution in [-0.4, -0.2) is 47.3 Å². The predicted octanol–water partition coefficient (Wildman–Crippen LogP) is 1.67. The first-order valence-electron chi connectivity index (χ1n) is 6.94. The fourth-order valence-electron chi connectivity index (χ4n) is 2.36. The van der Waals surface area contributed by atoms with Gasteiger partial charge in [0.2, 0.25) is 0 Å². The molecule has 7 heteroatoms. The first kappa shape index (κ1) is 17.9. The van der Waals surface area contributed by atoms with Crippen molar-refractivity contribution in [1.29, 1.82) is 0 Å². The third-order valence-electron chi connectivity index (χ3n) is 3.34. The Kier molecular flexibility index (Phi) is 5.84. The van der Waals surface area contributed by atoms with Crippen molar-refractivity contribution in [3.05, 3.63) is 11.3 Å². The summed E-state index contributed by atoms with van der Waals surface area (Å²) in [6.45, 7) is 3.29. The quantitative estimate of drug-likeness (QED) is 0.453. The second kappa shape index (κ2) is 7.20. The lowest BCUT2D eigenvalue weighted by molar-refractivity contribution is -0.140. The van der Waals surface area contributed by atoms with Crippen molar-refractivity contribution in [2.75, 3.05) is 13.7 Å². The molecule has 1 saturated carbocycles. The Bertz CT molecular complexity index is 544. The van der Waals surface area contributed by atoms with Crippen molar-refractivity contribution in [2.45, 2.75) is 39.5 Å². The zero-order valence-corrected chi connectivity index (χ0v) is 13.0. The lowest BCUT2D eigenvalue weighted by atomic mass is 9.73. The number of rotatable bonds is 5. The summed E-state index contributed by atoms with van der Waals surface area (Å²) < 4.78 is 4.49. The molecule has 0 aromatic carbocycles. The number of aliphatic imine (C=N–C) groups is 1. The number of aliphatic hydroxyl groups excluding tert-OH is 1. The van der Waals surface area contributed by atoms with E-state index in [2.05, 4.69) is 9.73 Å². The highest BCUT2D eigenvalue weighted by Crippen LogP contribution is 2.35. The maximum Gasteiger partial charge on any atom is 0.325 e. The molecular weight excluding hydrogens is 290 g/mol. The van der Waals surface area contributed by atoms with Gasteiger partial charge < -0.3 is 14.9 Å². The first-order valence-corrected chi connectivity index (χ1v) is 6.94. The van der Waals surface area contributed by atoms with Crippen molar-refractivity contribution >= 4 is 23.4 Å². The van der Waals surface area contributed by atoms with E-state index >= 15 is 0 Å². The van der Waals surface area contributed by atoms with Crippen LogP contribution in [0.2, 0.25) is 0 Å². The number of carbonyl (C=O) groups excluding carboxylic acids is 2. The molecule has 0 aromatic heterocycles. The summed E-state index contributed by atoms with van der Waals surface area (Å²) in [5, 5.41) is 18.9. The first-order chi connectivity index (χ1) is 10.2. The number of carboxylic acid groups (broad SMARTS) is 1. The number of hydrogen-bond donors (Lipinski definition) is 2. The van der Waals surface area contributed by atoms with Crippen molar-refractivity contribution in [1.82, 2.24) is 0 Å². The molecule has 2 N–H and O–H groups in total. The van der Waals surface area contributed by atoms with Crippen LogP contribution in [-0.2, 0) is 19.1 Å². The molecule has 1 aliphatic carbocycles. The highest BCUT2D eigenvalue weighted by atomic mass is 16.5. The van der Waals surface area contributed by atoms with Crippen molar-refractivity contribution < 1.29 is 29.3 Å². The zero-order chi connectivity index (χ0) is 16.9. The summed E-state index contributed by atoms with van der Waals surface area (Å²) >= 11 is 0. The van der Waals surface area contributed by atoms with Crippen LogP contribution in [0.4, 0.5) is 0 Å². The van der Waals surface area contributed by atoms with E-state index in [1.54, 1.807) is 0 Å². The number of methoxy groups -OCH3 is 1. The van der Waals surface area contributed by atoms with Gasteiger partial charge in [-0.2, -0.15) is 0 Å². The molecule has 22 heavy (non-hydrogen) atoms. The van der Waals surface area contributed by atoms with Gasteiger partial charge in [0, 0.05) is 12.8 Å². The Morgan fingerprint density at radius 2 is 1.86 bits per heavy atom. The van der Waals surface area contributed by atoms with Crippen molar-refractivity contribution in [3.8, 4) is 0 Å². The zero-order valence-electron chi connectivity index (χ0n) is 13.0. The van der Waals surface area contributed by atoms with E-state index in [9.17, 15) is 19.5 Å². The molecule has 0 spiro atoms. The number of aliphatic carboxylic acids is 1. The second-order valence-electron chi connectivity index (χ2n) is 6.00. The van der Waals surface area contributed by atoms with Crippen LogP contribution in [0.25, 0.3) is 0 Å². The minimum atomic E-state index is -1.11. The van der Waals surface area contributed by atoms with Gasteiger partial charge in [0.05, 0.1) is 24.8 Å². The maximum absolute atomic E-state index is 12.3. The summed E-state index contributed by atoms with van der Waals surface area (Å²) in [4.78, 5) is 38.0. The van der Waals surface area contributed by atoms with Crippen molar-refractivity contribution in [2.24, 2.45) is 10.4 Å². The van der Waals surface area contributed by atoms with Crippen LogP contribution in [0.15, 0.2) is 16.3 Å². The molecule has 0 radical (unpaired) electrons. The SMILES string of the molecule is COC(=O)CC/C(O)=C1\C(=O)CC(C)(C)CC1=NCC(=O)O. The van der Waals surface area contributed by atoms with Crippen LogP contribution in [0.3, 0.4) is 0 Å². The summed E-state index contributed by atoms with van der Waals surface area (Å²) in [6, 6.07) is 0. The number of ketones is 1. The Balaban J connectivity index is 3.09. The molecule has 122 valence electrons. The molecule has 0 aromatic rings. The number of ether oxygens (including phenoxy) is 1. The van der Waals surface area contributed by atoms with Crippen LogP contribution < -0.4 is 0 Å². The largest absolute Gasteiger partial charge is 0.511 e. The molecule has 0 unspecified atom stereocenters. The van der Waals surface area contributed by atoms with Gasteiger partial charge in [0.1, 0.15) is 12.3 Å². The normalized spacial score (nSPS) is 21.6. The number of carboxylic acids is 1. The lowest BCUT2D eigenvalue weighted by Crippen LogP contribution is -2.33. The van der Waals surface area contributed by atoms with E-state index in [0.29, 0.717) is 6.42 Å². The van der Waals surface area contributed by atoms with Gasteiger partial charge in [-0.25, -0.2) is 0 Å². The number of hydrogen-bond acceptors (Lipinski definition) is 6. The number of carbonyl (C=O) groups is 3. The smallest absolute Gasteiger partial charge is 0.325 e.